The molecular formula is C18H14BrNO2. The second-order valence-electron chi connectivity index (χ2n) is 5.03. The van der Waals surface area contributed by atoms with Gasteiger partial charge in [0.1, 0.15) is 6.10 Å². The summed E-state index contributed by atoms with van der Waals surface area (Å²) in [5.41, 5.74) is 1.48. The number of halogens is 1. The smallest absolute Gasteiger partial charge is 0.338 e. The van der Waals surface area contributed by atoms with Gasteiger partial charge in [0, 0.05) is 16.9 Å². The maximum Gasteiger partial charge on any atom is 0.338 e. The van der Waals surface area contributed by atoms with Crippen molar-refractivity contribution >= 4 is 32.7 Å². The molecule has 3 nitrogen and oxygen atoms in total. The van der Waals surface area contributed by atoms with E-state index in [2.05, 4.69) is 20.9 Å². The van der Waals surface area contributed by atoms with E-state index in [0.29, 0.717) is 5.56 Å². The first-order valence-electron chi connectivity index (χ1n) is 6.94. The number of hydrogen-bond acceptors (Lipinski definition) is 3. The summed E-state index contributed by atoms with van der Waals surface area (Å²) in [7, 11) is 0. The fraction of sp³-hybridized carbons (Fsp3) is 0.111. The van der Waals surface area contributed by atoms with Crippen LogP contribution >= 0.6 is 15.9 Å². The summed E-state index contributed by atoms with van der Waals surface area (Å²) in [6, 6.07) is 15.2. The summed E-state index contributed by atoms with van der Waals surface area (Å²) in [5, 5.41) is 2.09. The summed E-state index contributed by atoms with van der Waals surface area (Å²) in [6.45, 7) is 1.85. The predicted molar refractivity (Wildman–Crippen MR) is 89.7 cm³/mol. The van der Waals surface area contributed by atoms with Crippen molar-refractivity contribution in [2.45, 2.75) is 13.0 Å². The van der Waals surface area contributed by atoms with Crippen LogP contribution < -0.4 is 0 Å². The molecule has 0 N–H and O–H groups in total. The molecule has 0 saturated carbocycles. The van der Waals surface area contributed by atoms with Crippen molar-refractivity contribution in [2.75, 3.05) is 0 Å². The van der Waals surface area contributed by atoms with E-state index >= 15 is 0 Å². The van der Waals surface area contributed by atoms with Crippen molar-refractivity contribution < 1.29 is 9.53 Å². The SMILES string of the molecule is C[C@H](OC(=O)c1ccc2cc(Br)ccc2c1)c1ccncc1. The Kier molecular flexibility index (Phi) is 4.20. The quantitative estimate of drug-likeness (QED) is 0.626. The molecule has 4 heteroatoms. The van der Waals surface area contributed by atoms with Crippen LogP contribution in [0.15, 0.2) is 65.4 Å². The van der Waals surface area contributed by atoms with Crippen LogP contribution in [-0.2, 0) is 4.74 Å². The highest BCUT2D eigenvalue weighted by molar-refractivity contribution is 9.10. The van der Waals surface area contributed by atoms with Gasteiger partial charge in [0.25, 0.3) is 0 Å². The summed E-state index contributed by atoms with van der Waals surface area (Å²) in [5.74, 6) is -0.325. The van der Waals surface area contributed by atoms with Crippen LogP contribution in [-0.4, -0.2) is 11.0 Å². The summed E-state index contributed by atoms with van der Waals surface area (Å²) >= 11 is 3.44. The Morgan fingerprint density at radius 2 is 1.73 bits per heavy atom. The zero-order chi connectivity index (χ0) is 15.5. The molecule has 1 heterocycles. The number of hydrogen-bond donors (Lipinski definition) is 0. The van der Waals surface area contributed by atoms with Crippen molar-refractivity contribution in [3.63, 3.8) is 0 Å². The zero-order valence-electron chi connectivity index (χ0n) is 12.0. The van der Waals surface area contributed by atoms with Crippen molar-refractivity contribution in [1.82, 2.24) is 4.98 Å². The van der Waals surface area contributed by atoms with Gasteiger partial charge < -0.3 is 4.74 Å². The lowest BCUT2D eigenvalue weighted by molar-refractivity contribution is 0.0338. The highest BCUT2D eigenvalue weighted by Crippen LogP contribution is 2.23. The first-order chi connectivity index (χ1) is 10.6. The molecule has 0 fully saturated rings. The van der Waals surface area contributed by atoms with Crippen molar-refractivity contribution in [3.05, 3.63) is 76.5 Å². The van der Waals surface area contributed by atoms with Gasteiger partial charge in [-0.3, -0.25) is 4.98 Å². The Bertz CT molecular complexity index is 818. The molecule has 0 aliphatic rings. The average molecular weight is 356 g/mol. The van der Waals surface area contributed by atoms with Gasteiger partial charge in [-0.15, -0.1) is 0 Å². The number of ether oxygens (including phenoxy) is 1. The molecule has 3 rings (SSSR count). The second-order valence-corrected chi connectivity index (χ2v) is 5.95. The van der Waals surface area contributed by atoms with Crippen LogP contribution in [0.2, 0.25) is 0 Å². The number of carbonyl (C=O) groups excluding carboxylic acids is 1. The maximum absolute atomic E-state index is 12.3. The molecule has 0 unspecified atom stereocenters. The second kappa shape index (κ2) is 6.28. The van der Waals surface area contributed by atoms with Gasteiger partial charge in [-0.1, -0.05) is 28.1 Å². The zero-order valence-corrected chi connectivity index (χ0v) is 13.6. The van der Waals surface area contributed by atoms with Crippen molar-refractivity contribution in [2.24, 2.45) is 0 Å². The largest absolute Gasteiger partial charge is 0.454 e. The number of benzene rings is 2. The van der Waals surface area contributed by atoms with Gasteiger partial charge in [0.2, 0.25) is 0 Å². The normalized spacial score (nSPS) is 12.1. The van der Waals surface area contributed by atoms with E-state index in [-0.39, 0.29) is 12.1 Å². The first kappa shape index (κ1) is 14.7. The number of esters is 1. The van der Waals surface area contributed by atoms with E-state index in [1.165, 1.54) is 0 Å². The van der Waals surface area contributed by atoms with Crippen LogP contribution in [0.1, 0.15) is 28.9 Å². The van der Waals surface area contributed by atoms with E-state index in [0.717, 1.165) is 20.8 Å². The molecule has 0 aliphatic carbocycles. The Morgan fingerprint density at radius 1 is 1.05 bits per heavy atom. The fourth-order valence-corrected chi connectivity index (χ4v) is 2.65. The Labute approximate surface area is 137 Å². The molecule has 1 atom stereocenters. The summed E-state index contributed by atoms with van der Waals surface area (Å²) in [6.07, 6.45) is 3.07. The highest BCUT2D eigenvalue weighted by atomic mass is 79.9. The van der Waals surface area contributed by atoms with Crippen LogP contribution in [0.5, 0.6) is 0 Å². The third-order valence-corrected chi connectivity index (χ3v) is 3.99. The minimum Gasteiger partial charge on any atom is -0.454 e. The van der Waals surface area contributed by atoms with Gasteiger partial charge in [-0.05, 0) is 59.7 Å². The standard InChI is InChI=1S/C18H14BrNO2/c1-12(13-6-8-20-9-7-13)22-18(21)16-3-2-15-11-17(19)5-4-14(15)10-16/h2-12H,1H3/t12-/m0/s1. The minimum absolute atomic E-state index is 0.309. The van der Waals surface area contributed by atoms with Crippen LogP contribution in [0.3, 0.4) is 0 Å². The van der Waals surface area contributed by atoms with E-state index in [4.69, 9.17) is 4.74 Å². The van der Waals surface area contributed by atoms with Gasteiger partial charge in [0.15, 0.2) is 0 Å². The molecule has 3 aromatic rings. The third kappa shape index (κ3) is 3.17. The van der Waals surface area contributed by atoms with E-state index < -0.39 is 0 Å². The molecule has 110 valence electrons. The number of carbonyl (C=O) groups is 1. The van der Waals surface area contributed by atoms with E-state index in [9.17, 15) is 4.79 Å². The Balaban J connectivity index is 1.81. The summed E-state index contributed by atoms with van der Waals surface area (Å²) < 4.78 is 6.53. The third-order valence-electron chi connectivity index (χ3n) is 3.50. The summed E-state index contributed by atoms with van der Waals surface area (Å²) in [4.78, 5) is 16.3. The maximum atomic E-state index is 12.3. The average Bonchev–Trinajstić information content (AvgIpc) is 2.55. The molecule has 22 heavy (non-hydrogen) atoms. The van der Waals surface area contributed by atoms with Gasteiger partial charge in [-0.25, -0.2) is 4.79 Å². The lowest BCUT2D eigenvalue weighted by Crippen LogP contribution is -2.09. The highest BCUT2D eigenvalue weighted by Gasteiger charge is 2.14. The predicted octanol–water partition coefficient (Wildman–Crippen LogP) is 4.92. The molecule has 0 saturated heterocycles. The van der Waals surface area contributed by atoms with E-state index in [1.807, 2.05) is 49.4 Å². The monoisotopic (exact) mass is 355 g/mol. The minimum atomic E-state index is -0.325. The van der Waals surface area contributed by atoms with E-state index in [1.54, 1.807) is 18.5 Å². The first-order valence-corrected chi connectivity index (χ1v) is 7.73. The lowest BCUT2D eigenvalue weighted by Gasteiger charge is -2.13. The van der Waals surface area contributed by atoms with Gasteiger partial charge in [-0.2, -0.15) is 0 Å². The molecule has 0 bridgehead atoms. The number of aromatic nitrogens is 1. The number of nitrogens with zero attached hydrogens (tertiary/aromatic N) is 1. The molecule has 1 aromatic heterocycles. The molecular weight excluding hydrogens is 342 g/mol. The molecule has 2 aromatic carbocycles. The van der Waals surface area contributed by atoms with Crippen molar-refractivity contribution in [1.29, 1.82) is 0 Å². The number of fused-ring (bicyclic) bond motifs is 1. The van der Waals surface area contributed by atoms with Crippen LogP contribution in [0.25, 0.3) is 10.8 Å². The fourth-order valence-electron chi connectivity index (χ4n) is 2.27. The lowest BCUT2D eigenvalue weighted by atomic mass is 10.1. The van der Waals surface area contributed by atoms with Crippen molar-refractivity contribution in [3.8, 4) is 0 Å². The topological polar surface area (TPSA) is 39.2 Å². The molecule has 0 radical (unpaired) electrons. The van der Waals surface area contributed by atoms with Crippen LogP contribution in [0.4, 0.5) is 0 Å². The Morgan fingerprint density at radius 3 is 2.50 bits per heavy atom. The number of pyridine rings is 1. The van der Waals surface area contributed by atoms with Crippen LogP contribution in [0, 0.1) is 0 Å². The number of rotatable bonds is 3. The van der Waals surface area contributed by atoms with Gasteiger partial charge in [0.05, 0.1) is 5.56 Å². The Hall–Kier alpha value is -2.20. The molecule has 0 amide bonds. The molecule has 0 spiro atoms. The molecule has 0 aliphatic heterocycles. The van der Waals surface area contributed by atoms with Gasteiger partial charge >= 0.3 is 5.97 Å².